The van der Waals surface area contributed by atoms with Crippen molar-refractivity contribution < 1.29 is 9.59 Å². The molecule has 0 radical (unpaired) electrons. The fourth-order valence-electron chi connectivity index (χ4n) is 2.22. The van der Waals surface area contributed by atoms with E-state index in [0.717, 1.165) is 19.3 Å². The SMILES string of the molecule is CC(=O)CC1CCCCN1C(=O)c1csnn1. The summed E-state index contributed by atoms with van der Waals surface area (Å²) in [5.41, 5.74) is 0.394. The average Bonchev–Trinajstić information content (AvgIpc) is 2.81. The van der Waals surface area contributed by atoms with Crippen molar-refractivity contribution >= 4 is 23.2 Å². The predicted octanol–water partition coefficient (Wildman–Crippen LogP) is 1.51. The maximum absolute atomic E-state index is 12.2. The van der Waals surface area contributed by atoms with Gasteiger partial charge in [0, 0.05) is 24.4 Å². The van der Waals surface area contributed by atoms with Crippen molar-refractivity contribution in [3.63, 3.8) is 0 Å². The van der Waals surface area contributed by atoms with Crippen LogP contribution in [0.15, 0.2) is 5.38 Å². The second-order valence-electron chi connectivity index (χ2n) is 4.34. The Morgan fingerprint density at radius 2 is 2.35 bits per heavy atom. The molecule has 17 heavy (non-hydrogen) atoms. The molecule has 1 aliphatic rings. The molecule has 1 aromatic rings. The highest BCUT2D eigenvalue weighted by molar-refractivity contribution is 7.03. The van der Waals surface area contributed by atoms with Gasteiger partial charge in [0.2, 0.25) is 0 Å². The first-order valence-electron chi connectivity index (χ1n) is 5.76. The summed E-state index contributed by atoms with van der Waals surface area (Å²) in [5.74, 6) is 0.0378. The highest BCUT2D eigenvalue weighted by Crippen LogP contribution is 2.21. The van der Waals surface area contributed by atoms with Crippen LogP contribution in [-0.4, -0.2) is 38.8 Å². The van der Waals surface area contributed by atoms with Crippen LogP contribution in [-0.2, 0) is 4.79 Å². The lowest BCUT2D eigenvalue weighted by molar-refractivity contribution is -0.118. The summed E-state index contributed by atoms with van der Waals surface area (Å²) in [6.45, 7) is 2.29. The van der Waals surface area contributed by atoms with E-state index in [-0.39, 0.29) is 17.7 Å². The van der Waals surface area contributed by atoms with Gasteiger partial charge in [-0.05, 0) is 37.7 Å². The average molecular weight is 253 g/mol. The molecule has 6 heteroatoms. The zero-order valence-corrected chi connectivity index (χ0v) is 10.6. The van der Waals surface area contributed by atoms with Gasteiger partial charge in [-0.1, -0.05) is 4.49 Å². The van der Waals surface area contributed by atoms with Crippen LogP contribution in [0.4, 0.5) is 0 Å². The molecule has 0 bridgehead atoms. The lowest BCUT2D eigenvalue weighted by atomic mass is 9.97. The van der Waals surface area contributed by atoms with E-state index in [2.05, 4.69) is 9.59 Å². The summed E-state index contributed by atoms with van der Waals surface area (Å²) >= 11 is 1.17. The molecule has 1 aromatic heterocycles. The minimum Gasteiger partial charge on any atom is -0.334 e. The number of Topliss-reactive ketones (excluding diaryl/α,β-unsaturated/α-hetero) is 1. The molecule has 92 valence electrons. The largest absolute Gasteiger partial charge is 0.334 e. The molecule has 0 spiro atoms. The minimum atomic E-state index is -0.0929. The molecule has 1 saturated heterocycles. The third kappa shape index (κ3) is 2.88. The van der Waals surface area contributed by atoms with Gasteiger partial charge >= 0.3 is 0 Å². The summed E-state index contributed by atoms with van der Waals surface area (Å²) in [5, 5.41) is 5.45. The van der Waals surface area contributed by atoms with E-state index in [0.29, 0.717) is 18.7 Å². The van der Waals surface area contributed by atoms with E-state index in [1.165, 1.54) is 11.5 Å². The fraction of sp³-hybridized carbons (Fsp3) is 0.636. The third-order valence-corrected chi connectivity index (χ3v) is 3.49. The van der Waals surface area contributed by atoms with Crippen LogP contribution in [0, 0.1) is 0 Å². The van der Waals surface area contributed by atoms with Gasteiger partial charge < -0.3 is 4.90 Å². The molecule has 1 unspecified atom stereocenters. The van der Waals surface area contributed by atoms with Crippen LogP contribution in [0.1, 0.15) is 43.1 Å². The summed E-state index contributed by atoms with van der Waals surface area (Å²) in [7, 11) is 0. The molecule has 1 amide bonds. The molecule has 2 rings (SSSR count). The highest BCUT2D eigenvalue weighted by atomic mass is 32.1. The van der Waals surface area contributed by atoms with E-state index in [4.69, 9.17) is 0 Å². The van der Waals surface area contributed by atoms with Crippen LogP contribution in [0.3, 0.4) is 0 Å². The second kappa shape index (κ2) is 5.35. The topological polar surface area (TPSA) is 63.2 Å². The number of amides is 1. The molecule has 0 N–H and O–H groups in total. The molecule has 2 heterocycles. The smallest absolute Gasteiger partial charge is 0.275 e. The number of hydrogen-bond acceptors (Lipinski definition) is 5. The molecule has 1 aliphatic heterocycles. The van der Waals surface area contributed by atoms with E-state index >= 15 is 0 Å². The zero-order chi connectivity index (χ0) is 12.3. The minimum absolute atomic E-state index is 0.0375. The Bertz CT molecular complexity index is 405. The third-order valence-electron chi connectivity index (χ3n) is 2.99. The molecular weight excluding hydrogens is 238 g/mol. The summed E-state index contributed by atoms with van der Waals surface area (Å²) in [6.07, 6.45) is 3.43. The molecule has 1 fully saturated rings. The predicted molar refractivity (Wildman–Crippen MR) is 63.9 cm³/mol. The van der Waals surface area contributed by atoms with Gasteiger partial charge in [-0.3, -0.25) is 9.59 Å². The maximum Gasteiger partial charge on any atom is 0.275 e. The van der Waals surface area contributed by atoms with Crippen molar-refractivity contribution in [3.8, 4) is 0 Å². The van der Waals surface area contributed by atoms with Crippen LogP contribution >= 0.6 is 11.5 Å². The molecule has 5 nitrogen and oxygen atoms in total. The molecule has 0 aromatic carbocycles. The van der Waals surface area contributed by atoms with Gasteiger partial charge in [-0.2, -0.15) is 0 Å². The van der Waals surface area contributed by atoms with Gasteiger partial charge in [0.15, 0.2) is 5.69 Å². The highest BCUT2D eigenvalue weighted by Gasteiger charge is 2.29. The van der Waals surface area contributed by atoms with Gasteiger partial charge in [0.25, 0.3) is 5.91 Å². The Kier molecular flexibility index (Phi) is 3.83. The number of likely N-dealkylation sites (tertiary alicyclic amines) is 1. The lowest BCUT2D eigenvalue weighted by Gasteiger charge is -2.34. The lowest BCUT2D eigenvalue weighted by Crippen LogP contribution is -2.44. The van der Waals surface area contributed by atoms with Crippen molar-refractivity contribution in [3.05, 3.63) is 11.1 Å². The number of nitrogens with zero attached hydrogens (tertiary/aromatic N) is 3. The Labute approximate surface area is 104 Å². The first-order chi connectivity index (χ1) is 8.18. The molecule has 0 aliphatic carbocycles. The Morgan fingerprint density at radius 3 is 3.00 bits per heavy atom. The summed E-state index contributed by atoms with van der Waals surface area (Å²) in [6, 6.07) is 0.0375. The van der Waals surface area contributed by atoms with Crippen LogP contribution in [0.2, 0.25) is 0 Å². The standard InChI is InChI=1S/C11H15N3O2S/c1-8(15)6-9-4-2-3-5-14(9)11(16)10-7-17-13-12-10/h7,9H,2-6H2,1H3. The van der Waals surface area contributed by atoms with E-state index in [1.54, 1.807) is 17.2 Å². The zero-order valence-electron chi connectivity index (χ0n) is 9.76. The number of carbonyl (C=O) groups is 2. The number of ketones is 1. The van der Waals surface area contributed by atoms with Crippen LogP contribution < -0.4 is 0 Å². The van der Waals surface area contributed by atoms with Gasteiger partial charge in [-0.15, -0.1) is 5.10 Å². The second-order valence-corrected chi connectivity index (χ2v) is 4.95. The number of piperidine rings is 1. The van der Waals surface area contributed by atoms with Crippen molar-refractivity contribution in [1.82, 2.24) is 14.5 Å². The van der Waals surface area contributed by atoms with E-state index < -0.39 is 0 Å². The quantitative estimate of drug-likeness (QED) is 0.819. The van der Waals surface area contributed by atoms with Crippen molar-refractivity contribution in [2.75, 3.05) is 6.54 Å². The summed E-state index contributed by atoms with van der Waals surface area (Å²) in [4.78, 5) is 25.2. The Balaban J connectivity index is 2.10. The first-order valence-corrected chi connectivity index (χ1v) is 6.59. The number of rotatable bonds is 3. The Hall–Kier alpha value is -1.30. The van der Waals surface area contributed by atoms with Gasteiger partial charge in [0.05, 0.1) is 0 Å². The number of aromatic nitrogens is 2. The summed E-state index contributed by atoms with van der Waals surface area (Å²) < 4.78 is 3.70. The van der Waals surface area contributed by atoms with Gasteiger partial charge in [-0.25, -0.2) is 0 Å². The van der Waals surface area contributed by atoms with Crippen molar-refractivity contribution in [2.45, 2.75) is 38.6 Å². The number of carbonyl (C=O) groups excluding carboxylic acids is 2. The normalized spacial score (nSPS) is 20.3. The number of hydrogen-bond donors (Lipinski definition) is 0. The van der Waals surface area contributed by atoms with Crippen molar-refractivity contribution in [2.24, 2.45) is 0 Å². The molecule has 0 saturated carbocycles. The first kappa shape index (κ1) is 12.2. The van der Waals surface area contributed by atoms with Crippen LogP contribution in [0.5, 0.6) is 0 Å². The maximum atomic E-state index is 12.2. The monoisotopic (exact) mass is 253 g/mol. The van der Waals surface area contributed by atoms with E-state index in [9.17, 15) is 9.59 Å². The van der Waals surface area contributed by atoms with E-state index in [1.807, 2.05) is 0 Å². The van der Waals surface area contributed by atoms with Gasteiger partial charge in [0.1, 0.15) is 5.78 Å². The van der Waals surface area contributed by atoms with Crippen molar-refractivity contribution in [1.29, 1.82) is 0 Å². The molecule has 1 atom stereocenters. The molecular formula is C11H15N3O2S. The fourth-order valence-corrected chi connectivity index (χ4v) is 2.65. The van der Waals surface area contributed by atoms with Crippen LogP contribution in [0.25, 0.3) is 0 Å². The Morgan fingerprint density at radius 1 is 1.53 bits per heavy atom.